The molecule has 2 aromatic rings. The Morgan fingerprint density at radius 1 is 1.11 bits per heavy atom. The maximum absolute atomic E-state index is 12.8. The van der Waals surface area contributed by atoms with Crippen molar-refractivity contribution in [1.82, 2.24) is 0 Å². The van der Waals surface area contributed by atoms with Crippen LogP contribution in [-0.4, -0.2) is 5.11 Å². The fraction of sp³-hybridized carbons (Fsp3) is 0.118. The molecule has 0 heterocycles. The van der Waals surface area contributed by atoms with Crippen molar-refractivity contribution in [2.24, 2.45) is 0 Å². The van der Waals surface area contributed by atoms with Crippen LogP contribution in [0.25, 0.3) is 5.57 Å². The third-order valence-electron chi connectivity index (χ3n) is 2.88. The first-order valence-electron chi connectivity index (χ1n) is 6.09. The van der Waals surface area contributed by atoms with Crippen molar-refractivity contribution in [3.63, 3.8) is 0 Å². The van der Waals surface area contributed by atoms with E-state index in [2.05, 4.69) is 5.73 Å². The molecule has 1 nitrogen and oxygen atoms in total. The SMILES string of the molecule is CC(=C=CC(O)c1ccc(F)cc1)c1ccccc1. The zero-order valence-corrected chi connectivity index (χ0v) is 10.7. The molecule has 0 fully saturated rings. The Bertz CT molecular complexity index is 593. The predicted octanol–water partition coefficient (Wildman–Crippen LogP) is 4.12. The van der Waals surface area contributed by atoms with Crippen molar-refractivity contribution < 1.29 is 9.50 Å². The van der Waals surface area contributed by atoms with Crippen LogP contribution in [0.3, 0.4) is 0 Å². The maximum atomic E-state index is 12.8. The van der Waals surface area contributed by atoms with Gasteiger partial charge in [0.1, 0.15) is 11.9 Å². The van der Waals surface area contributed by atoms with Crippen molar-refractivity contribution in [1.29, 1.82) is 0 Å². The molecule has 96 valence electrons. The number of aliphatic hydroxyl groups is 1. The maximum Gasteiger partial charge on any atom is 0.123 e. The second kappa shape index (κ2) is 6.14. The minimum absolute atomic E-state index is 0.309. The van der Waals surface area contributed by atoms with E-state index in [1.54, 1.807) is 18.2 Å². The van der Waals surface area contributed by atoms with Gasteiger partial charge in [0.2, 0.25) is 0 Å². The number of hydrogen-bond acceptors (Lipinski definition) is 1. The lowest BCUT2D eigenvalue weighted by molar-refractivity contribution is 0.229. The molecular formula is C17H15FO. The molecule has 0 aromatic heterocycles. The van der Waals surface area contributed by atoms with Gasteiger partial charge in [0.25, 0.3) is 0 Å². The standard InChI is InChI=1S/C17H15FO/c1-13(14-5-3-2-4-6-14)7-12-17(19)15-8-10-16(18)11-9-15/h2-6,8-12,17,19H,1H3. The number of benzene rings is 2. The molecule has 2 rings (SSSR count). The molecule has 1 N–H and O–H groups in total. The largest absolute Gasteiger partial charge is 0.384 e. The van der Waals surface area contributed by atoms with Crippen molar-refractivity contribution in [3.8, 4) is 0 Å². The highest BCUT2D eigenvalue weighted by molar-refractivity contribution is 5.62. The third-order valence-corrected chi connectivity index (χ3v) is 2.88. The highest BCUT2D eigenvalue weighted by atomic mass is 19.1. The van der Waals surface area contributed by atoms with Crippen LogP contribution >= 0.6 is 0 Å². The lowest BCUT2D eigenvalue weighted by atomic mass is 10.1. The van der Waals surface area contributed by atoms with Crippen LogP contribution in [0.2, 0.25) is 0 Å². The summed E-state index contributed by atoms with van der Waals surface area (Å²) in [5, 5.41) is 9.95. The first-order valence-corrected chi connectivity index (χ1v) is 6.09. The molecule has 1 atom stereocenters. The molecule has 1 unspecified atom stereocenters. The molecule has 0 radical (unpaired) electrons. The van der Waals surface area contributed by atoms with Gasteiger partial charge in [0, 0.05) is 0 Å². The zero-order chi connectivity index (χ0) is 13.7. The van der Waals surface area contributed by atoms with E-state index in [0.29, 0.717) is 5.56 Å². The third kappa shape index (κ3) is 3.65. The van der Waals surface area contributed by atoms with Crippen LogP contribution in [0.4, 0.5) is 4.39 Å². The summed E-state index contributed by atoms with van der Waals surface area (Å²) in [6.45, 7) is 1.93. The summed E-state index contributed by atoms with van der Waals surface area (Å²) in [5.74, 6) is -0.309. The molecule has 0 saturated heterocycles. The summed E-state index contributed by atoms with van der Waals surface area (Å²) in [6.07, 6.45) is 0.800. The van der Waals surface area contributed by atoms with E-state index < -0.39 is 6.10 Å². The fourth-order valence-electron chi connectivity index (χ4n) is 1.73. The second-order valence-electron chi connectivity index (χ2n) is 4.30. The minimum atomic E-state index is -0.778. The van der Waals surface area contributed by atoms with Gasteiger partial charge in [0.15, 0.2) is 0 Å². The Labute approximate surface area is 112 Å². The summed E-state index contributed by atoms with van der Waals surface area (Å²) < 4.78 is 12.8. The van der Waals surface area contributed by atoms with Crippen molar-refractivity contribution in [2.75, 3.05) is 0 Å². The summed E-state index contributed by atoms with van der Waals surface area (Å²) in [4.78, 5) is 0. The van der Waals surface area contributed by atoms with Gasteiger partial charge in [0.05, 0.1) is 0 Å². The average molecular weight is 254 g/mol. The van der Waals surface area contributed by atoms with E-state index in [1.165, 1.54) is 12.1 Å². The van der Waals surface area contributed by atoms with Crippen molar-refractivity contribution >= 4 is 5.57 Å². The lowest BCUT2D eigenvalue weighted by Gasteiger charge is -2.04. The quantitative estimate of drug-likeness (QED) is 0.817. The second-order valence-corrected chi connectivity index (χ2v) is 4.30. The van der Waals surface area contributed by atoms with Gasteiger partial charge in [-0.25, -0.2) is 4.39 Å². The van der Waals surface area contributed by atoms with Crippen LogP contribution in [0.1, 0.15) is 24.2 Å². The van der Waals surface area contributed by atoms with E-state index >= 15 is 0 Å². The molecule has 0 amide bonds. The minimum Gasteiger partial charge on any atom is -0.384 e. The average Bonchev–Trinajstić information content (AvgIpc) is 2.46. The molecule has 2 aromatic carbocycles. The number of aliphatic hydroxyl groups excluding tert-OH is 1. The molecule has 19 heavy (non-hydrogen) atoms. The molecular weight excluding hydrogens is 239 g/mol. The first-order chi connectivity index (χ1) is 9.16. The van der Waals surface area contributed by atoms with Crippen LogP contribution in [0.15, 0.2) is 66.4 Å². The topological polar surface area (TPSA) is 20.2 Å². The molecule has 0 saturated carbocycles. The summed E-state index contributed by atoms with van der Waals surface area (Å²) in [7, 11) is 0. The highest BCUT2D eigenvalue weighted by Crippen LogP contribution is 2.16. The number of hydrogen-bond donors (Lipinski definition) is 1. The van der Waals surface area contributed by atoms with Gasteiger partial charge < -0.3 is 5.11 Å². The number of halogens is 1. The monoisotopic (exact) mass is 254 g/mol. The van der Waals surface area contributed by atoms with Crippen LogP contribution in [0, 0.1) is 5.82 Å². The van der Waals surface area contributed by atoms with Gasteiger partial charge in [-0.1, -0.05) is 42.5 Å². The molecule has 0 aliphatic heterocycles. The van der Waals surface area contributed by atoms with Crippen LogP contribution in [-0.2, 0) is 0 Å². The Morgan fingerprint density at radius 3 is 2.37 bits per heavy atom. The summed E-state index contributed by atoms with van der Waals surface area (Å²) >= 11 is 0. The molecule has 0 bridgehead atoms. The Morgan fingerprint density at radius 2 is 1.74 bits per heavy atom. The molecule has 2 heteroatoms. The summed E-state index contributed by atoms with van der Waals surface area (Å²) in [5.41, 5.74) is 5.71. The van der Waals surface area contributed by atoms with Crippen molar-refractivity contribution in [2.45, 2.75) is 13.0 Å². The van der Waals surface area contributed by atoms with E-state index in [4.69, 9.17) is 0 Å². The Hall–Kier alpha value is -2.15. The first kappa shape index (κ1) is 13.3. The van der Waals surface area contributed by atoms with E-state index in [9.17, 15) is 9.50 Å². The normalized spacial score (nSPS) is 11.5. The molecule has 0 spiro atoms. The van der Waals surface area contributed by atoms with Crippen molar-refractivity contribution in [3.05, 3.63) is 83.3 Å². The smallest absolute Gasteiger partial charge is 0.123 e. The van der Waals surface area contributed by atoms with E-state index in [-0.39, 0.29) is 5.82 Å². The highest BCUT2D eigenvalue weighted by Gasteiger charge is 2.02. The van der Waals surface area contributed by atoms with Gasteiger partial charge in [-0.2, -0.15) is 0 Å². The van der Waals surface area contributed by atoms with E-state index in [0.717, 1.165) is 11.1 Å². The van der Waals surface area contributed by atoms with Gasteiger partial charge >= 0.3 is 0 Å². The fourth-order valence-corrected chi connectivity index (χ4v) is 1.73. The van der Waals surface area contributed by atoms with Gasteiger partial charge in [-0.15, -0.1) is 5.73 Å². The van der Waals surface area contributed by atoms with Crippen LogP contribution < -0.4 is 0 Å². The Kier molecular flexibility index (Phi) is 4.30. The van der Waals surface area contributed by atoms with E-state index in [1.807, 2.05) is 37.3 Å². The Balaban J connectivity index is 2.20. The predicted molar refractivity (Wildman–Crippen MR) is 75.0 cm³/mol. The number of rotatable bonds is 3. The van der Waals surface area contributed by atoms with Gasteiger partial charge in [-0.05, 0) is 41.8 Å². The molecule has 0 aliphatic rings. The van der Waals surface area contributed by atoms with Gasteiger partial charge in [-0.3, -0.25) is 0 Å². The summed E-state index contributed by atoms with van der Waals surface area (Å²) in [6, 6.07) is 15.6. The van der Waals surface area contributed by atoms with Crippen LogP contribution in [0.5, 0.6) is 0 Å². The zero-order valence-electron chi connectivity index (χ0n) is 10.7. The lowest BCUT2D eigenvalue weighted by Crippen LogP contribution is -1.92. The molecule has 0 aliphatic carbocycles.